The third kappa shape index (κ3) is 3.72. The van der Waals surface area contributed by atoms with Crippen LogP contribution in [0.1, 0.15) is 0 Å². The van der Waals surface area contributed by atoms with Crippen molar-refractivity contribution in [1.82, 2.24) is 10.2 Å². The quantitative estimate of drug-likeness (QED) is 0.397. The van der Waals surface area contributed by atoms with Crippen molar-refractivity contribution in [2.75, 3.05) is 31.1 Å². The van der Waals surface area contributed by atoms with Gasteiger partial charge in [0.1, 0.15) is 0 Å². The molecule has 102 valence electrons. The van der Waals surface area contributed by atoms with Gasteiger partial charge in [0.2, 0.25) is 5.96 Å². The van der Waals surface area contributed by atoms with Gasteiger partial charge in [0, 0.05) is 35.4 Å². The van der Waals surface area contributed by atoms with Gasteiger partial charge in [-0.25, -0.2) is 4.79 Å². The van der Waals surface area contributed by atoms with Crippen LogP contribution in [0.3, 0.4) is 0 Å². The van der Waals surface area contributed by atoms with Gasteiger partial charge in [-0.15, -0.1) is 0 Å². The van der Waals surface area contributed by atoms with Crippen LogP contribution in [0.4, 0.5) is 10.5 Å². The Morgan fingerprint density at radius 2 is 1.79 bits per heavy atom. The molecule has 0 aromatic heterocycles. The first kappa shape index (κ1) is 13.9. The Balaban J connectivity index is 1.90. The number of guanidine groups is 1. The standard InChI is InChI=1S/C12H15IN4O2/c13-9-1-3-10(4-2-9)16-5-7-17(8-6-16)11(14)15-12(18)19/h1-4H,5-8H2,(H2,14,15)(H,18,19). The molecule has 1 heterocycles. The van der Waals surface area contributed by atoms with Crippen molar-refractivity contribution in [3.05, 3.63) is 27.8 Å². The molecule has 0 atom stereocenters. The number of halogens is 1. The first-order valence-corrected chi connectivity index (χ1v) is 6.98. The maximum atomic E-state index is 10.5. The van der Waals surface area contributed by atoms with E-state index in [0.717, 1.165) is 18.8 Å². The second-order valence-corrected chi connectivity index (χ2v) is 5.47. The van der Waals surface area contributed by atoms with Crippen molar-refractivity contribution in [2.45, 2.75) is 0 Å². The molecule has 1 aliphatic heterocycles. The smallest absolute Gasteiger partial charge is 0.411 e. The highest BCUT2D eigenvalue weighted by molar-refractivity contribution is 14.1. The van der Waals surface area contributed by atoms with Gasteiger partial charge in [0.15, 0.2) is 0 Å². The van der Waals surface area contributed by atoms with Gasteiger partial charge in [-0.1, -0.05) is 0 Å². The average Bonchev–Trinajstić information content (AvgIpc) is 2.39. The van der Waals surface area contributed by atoms with Crippen molar-refractivity contribution >= 4 is 40.3 Å². The zero-order valence-corrected chi connectivity index (χ0v) is 12.4. The molecule has 0 spiro atoms. The Hall–Kier alpha value is -1.51. The van der Waals surface area contributed by atoms with E-state index in [1.165, 1.54) is 3.57 Å². The Kier molecular flexibility index (Phi) is 4.46. The fraction of sp³-hybridized carbons (Fsp3) is 0.333. The first-order chi connectivity index (χ1) is 9.06. The lowest BCUT2D eigenvalue weighted by atomic mass is 10.2. The molecule has 1 aromatic carbocycles. The van der Waals surface area contributed by atoms with E-state index in [2.05, 4.69) is 57.1 Å². The topological polar surface area (TPSA) is 79.7 Å². The highest BCUT2D eigenvalue weighted by Crippen LogP contribution is 2.18. The van der Waals surface area contributed by atoms with E-state index in [1.54, 1.807) is 4.90 Å². The molecule has 0 bridgehead atoms. The maximum Gasteiger partial charge on any atom is 0.411 e. The van der Waals surface area contributed by atoms with Gasteiger partial charge in [0.25, 0.3) is 0 Å². The highest BCUT2D eigenvalue weighted by Gasteiger charge is 2.20. The number of amides is 1. The number of hydrogen-bond acceptors (Lipinski definition) is 3. The molecule has 1 fully saturated rings. The van der Waals surface area contributed by atoms with Crippen molar-refractivity contribution in [3.8, 4) is 0 Å². The molecule has 1 amide bonds. The number of nitrogens with zero attached hydrogens (tertiary/aromatic N) is 2. The van der Waals surface area contributed by atoms with Gasteiger partial charge in [0.05, 0.1) is 0 Å². The predicted molar refractivity (Wildman–Crippen MR) is 81.8 cm³/mol. The molecule has 7 heteroatoms. The summed E-state index contributed by atoms with van der Waals surface area (Å²) in [6.07, 6.45) is -1.19. The monoisotopic (exact) mass is 374 g/mol. The lowest BCUT2D eigenvalue weighted by molar-refractivity contribution is 0.198. The lowest BCUT2D eigenvalue weighted by Gasteiger charge is -2.36. The van der Waals surface area contributed by atoms with Gasteiger partial charge >= 0.3 is 6.09 Å². The summed E-state index contributed by atoms with van der Waals surface area (Å²) in [5, 5.41) is 18.3. The van der Waals surface area contributed by atoms with Crippen molar-refractivity contribution in [2.24, 2.45) is 0 Å². The Labute approximate surface area is 125 Å². The van der Waals surface area contributed by atoms with Gasteiger partial charge < -0.3 is 14.9 Å². The van der Waals surface area contributed by atoms with E-state index >= 15 is 0 Å². The zero-order valence-electron chi connectivity index (χ0n) is 10.3. The third-order valence-corrected chi connectivity index (χ3v) is 3.73. The van der Waals surface area contributed by atoms with Crippen LogP contribution in [-0.4, -0.2) is 48.2 Å². The van der Waals surface area contributed by atoms with E-state index in [-0.39, 0.29) is 5.96 Å². The molecule has 1 aromatic rings. The molecular formula is C12H15IN4O2. The van der Waals surface area contributed by atoms with Crippen LogP contribution < -0.4 is 10.2 Å². The molecule has 19 heavy (non-hydrogen) atoms. The highest BCUT2D eigenvalue weighted by atomic mass is 127. The molecule has 3 N–H and O–H groups in total. The fourth-order valence-corrected chi connectivity index (χ4v) is 2.38. The summed E-state index contributed by atoms with van der Waals surface area (Å²) in [4.78, 5) is 14.5. The number of nitrogens with one attached hydrogen (secondary N) is 2. The third-order valence-electron chi connectivity index (χ3n) is 3.01. The van der Waals surface area contributed by atoms with E-state index in [0.29, 0.717) is 13.1 Å². The van der Waals surface area contributed by atoms with Crippen molar-refractivity contribution < 1.29 is 9.90 Å². The summed E-state index contributed by atoms with van der Waals surface area (Å²) in [7, 11) is 0. The van der Waals surface area contributed by atoms with Crippen LogP contribution in [0.5, 0.6) is 0 Å². The molecule has 6 nitrogen and oxygen atoms in total. The van der Waals surface area contributed by atoms with Crippen LogP contribution in [0, 0.1) is 8.98 Å². The van der Waals surface area contributed by atoms with Gasteiger partial charge in [-0.05, 0) is 46.9 Å². The summed E-state index contributed by atoms with van der Waals surface area (Å²) < 4.78 is 1.20. The molecule has 1 aliphatic rings. The van der Waals surface area contributed by atoms with Gasteiger partial charge in [-0.3, -0.25) is 10.7 Å². The summed E-state index contributed by atoms with van der Waals surface area (Å²) in [6.45, 7) is 2.85. The summed E-state index contributed by atoms with van der Waals surface area (Å²) >= 11 is 2.27. The maximum absolute atomic E-state index is 10.5. The molecule has 0 unspecified atom stereocenters. The Morgan fingerprint density at radius 3 is 2.32 bits per heavy atom. The zero-order chi connectivity index (χ0) is 13.8. The number of rotatable bonds is 1. The number of carbonyl (C=O) groups is 1. The van der Waals surface area contributed by atoms with Crippen LogP contribution in [-0.2, 0) is 0 Å². The number of anilines is 1. The molecule has 2 rings (SSSR count). The molecule has 1 saturated heterocycles. The van der Waals surface area contributed by atoms with Crippen LogP contribution in [0.2, 0.25) is 0 Å². The van der Waals surface area contributed by atoms with Crippen LogP contribution in [0.15, 0.2) is 24.3 Å². The largest absolute Gasteiger partial charge is 0.465 e. The number of benzene rings is 1. The summed E-state index contributed by atoms with van der Waals surface area (Å²) in [5.41, 5.74) is 1.16. The number of piperazine rings is 1. The Bertz CT molecular complexity index is 469. The Morgan fingerprint density at radius 1 is 1.21 bits per heavy atom. The minimum atomic E-state index is -1.19. The summed E-state index contributed by atoms with van der Waals surface area (Å²) in [5.74, 6) is -0.0465. The van der Waals surface area contributed by atoms with E-state index < -0.39 is 6.09 Å². The normalized spacial score (nSPS) is 15.2. The van der Waals surface area contributed by atoms with Gasteiger partial charge in [-0.2, -0.15) is 0 Å². The van der Waals surface area contributed by atoms with E-state index in [1.807, 2.05) is 0 Å². The lowest BCUT2D eigenvalue weighted by Crippen LogP contribution is -2.53. The fourth-order valence-electron chi connectivity index (χ4n) is 2.02. The number of carboxylic acid groups (broad SMARTS) is 1. The SMILES string of the molecule is N=C(NC(=O)O)N1CCN(c2ccc(I)cc2)CC1. The van der Waals surface area contributed by atoms with Crippen molar-refractivity contribution in [1.29, 1.82) is 5.41 Å². The molecular weight excluding hydrogens is 359 g/mol. The minimum absolute atomic E-state index is 0.0465. The van der Waals surface area contributed by atoms with Crippen LogP contribution in [0.25, 0.3) is 0 Å². The van der Waals surface area contributed by atoms with Crippen molar-refractivity contribution in [3.63, 3.8) is 0 Å². The summed E-state index contributed by atoms with van der Waals surface area (Å²) in [6, 6.07) is 8.29. The predicted octanol–water partition coefficient (Wildman–Crippen LogP) is 1.62. The molecule has 0 saturated carbocycles. The first-order valence-electron chi connectivity index (χ1n) is 5.90. The number of hydrogen-bond donors (Lipinski definition) is 3. The van der Waals surface area contributed by atoms with E-state index in [4.69, 9.17) is 10.5 Å². The minimum Gasteiger partial charge on any atom is -0.465 e. The average molecular weight is 374 g/mol. The second kappa shape index (κ2) is 6.09. The van der Waals surface area contributed by atoms with Crippen LogP contribution >= 0.6 is 22.6 Å². The van der Waals surface area contributed by atoms with E-state index in [9.17, 15) is 4.79 Å². The molecule has 0 aliphatic carbocycles. The molecule has 0 radical (unpaired) electrons. The second-order valence-electron chi connectivity index (χ2n) is 4.23.